The summed E-state index contributed by atoms with van der Waals surface area (Å²) in [5.41, 5.74) is 6.35. The molecular formula is C11H15NO3. The molecule has 4 nitrogen and oxygen atoms in total. The molecular weight excluding hydrogens is 194 g/mol. The van der Waals surface area contributed by atoms with Gasteiger partial charge in [0, 0.05) is 6.54 Å². The maximum atomic E-state index is 10.9. The van der Waals surface area contributed by atoms with Gasteiger partial charge >= 0.3 is 5.97 Å². The molecule has 3 N–H and O–H groups in total. The highest BCUT2D eigenvalue weighted by atomic mass is 16.4. The maximum absolute atomic E-state index is 10.9. The zero-order valence-electron chi connectivity index (χ0n) is 8.69. The van der Waals surface area contributed by atoms with E-state index in [1.165, 1.54) is 0 Å². The minimum absolute atomic E-state index is 0.0468. The highest BCUT2D eigenvalue weighted by molar-refractivity contribution is 5.69. The van der Waals surface area contributed by atoms with E-state index in [-0.39, 0.29) is 12.3 Å². The number of hydrogen-bond donors (Lipinski definition) is 2. The molecule has 0 saturated heterocycles. The van der Waals surface area contributed by atoms with Crippen molar-refractivity contribution in [1.29, 1.82) is 0 Å². The third-order valence-corrected chi connectivity index (χ3v) is 3.50. The summed E-state index contributed by atoms with van der Waals surface area (Å²) in [4.78, 5) is 10.9. The van der Waals surface area contributed by atoms with Crippen molar-refractivity contribution < 1.29 is 14.3 Å². The Morgan fingerprint density at radius 1 is 1.80 bits per heavy atom. The van der Waals surface area contributed by atoms with Gasteiger partial charge in [-0.15, -0.1) is 0 Å². The first kappa shape index (κ1) is 10.2. The summed E-state index contributed by atoms with van der Waals surface area (Å²) >= 11 is 0. The molecule has 0 radical (unpaired) electrons. The van der Waals surface area contributed by atoms with Crippen molar-refractivity contribution in [2.24, 2.45) is 11.7 Å². The summed E-state index contributed by atoms with van der Waals surface area (Å²) in [5.74, 6) is 0.185. The molecule has 82 valence electrons. The molecule has 0 aromatic carbocycles. The van der Waals surface area contributed by atoms with Crippen LogP contribution in [0.5, 0.6) is 0 Å². The van der Waals surface area contributed by atoms with Crippen molar-refractivity contribution in [1.82, 2.24) is 0 Å². The molecule has 15 heavy (non-hydrogen) atoms. The molecule has 1 aliphatic rings. The SMILES string of the molecule is CC1Cc2ccoc2C1(CN)CC(=O)O. The largest absolute Gasteiger partial charge is 0.481 e. The predicted octanol–water partition coefficient (Wildman–Crippen LogP) is 1.14. The number of fused-ring (bicyclic) bond motifs is 1. The number of carboxylic acid groups (broad SMARTS) is 1. The molecule has 0 bridgehead atoms. The highest BCUT2D eigenvalue weighted by Crippen LogP contribution is 2.45. The molecule has 1 aromatic rings. The Morgan fingerprint density at radius 3 is 3.13 bits per heavy atom. The fourth-order valence-electron chi connectivity index (χ4n) is 2.57. The molecule has 1 heterocycles. The van der Waals surface area contributed by atoms with Crippen LogP contribution in [0.4, 0.5) is 0 Å². The summed E-state index contributed by atoms with van der Waals surface area (Å²) in [6.45, 7) is 2.35. The van der Waals surface area contributed by atoms with Gasteiger partial charge in [0.1, 0.15) is 5.76 Å². The van der Waals surface area contributed by atoms with Crippen LogP contribution in [0.3, 0.4) is 0 Å². The van der Waals surface area contributed by atoms with E-state index in [0.717, 1.165) is 17.7 Å². The number of carboxylic acids is 1. The zero-order valence-corrected chi connectivity index (χ0v) is 8.69. The number of rotatable bonds is 3. The second-order valence-corrected chi connectivity index (χ2v) is 4.31. The summed E-state index contributed by atoms with van der Waals surface area (Å²) in [6.07, 6.45) is 2.52. The summed E-state index contributed by atoms with van der Waals surface area (Å²) in [7, 11) is 0. The van der Waals surface area contributed by atoms with E-state index in [1.807, 2.05) is 13.0 Å². The molecule has 2 unspecified atom stereocenters. The Kier molecular flexibility index (Phi) is 2.31. The molecule has 4 heteroatoms. The van der Waals surface area contributed by atoms with Crippen LogP contribution in [0, 0.1) is 5.92 Å². The minimum Gasteiger partial charge on any atom is -0.481 e. The quantitative estimate of drug-likeness (QED) is 0.782. The minimum atomic E-state index is -0.823. The van der Waals surface area contributed by atoms with Gasteiger partial charge < -0.3 is 15.3 Å². The van der Waals surface area contributed by atoms with E-state index in [0.29, 0.717) is 6.54 Å². The van der Waals surface area contributed by atoms with Crippen LogP contribution < -0.4 is 5.73 Å². The van der Waals surface area contributed by atoms with Gasteiger partial charge in [-0.3, -0.25) is 4.79 Å². The van der Waals surface area contributed by atoms with E-state index < -0.39 is 11.4 Å². The van der Waals surface area contributed by atoms with Crippen LogP contribution in [-0.2, 0) is 16.6 Å². The molecule has 0 aliphatic heterocycles. The van der Waals surface area contributed by atoms with Gasteiger partial charge in [-0.2, -0.15) is 0 Å². The van der Waals surface area contributed by atoms with Crippen LogP contribution in [0.25, 0.3) is 0 Å². The first-order valence-corrected chi connectivity index (χ1v) is 5.09. The standard InChI is InChI=1S/C11H15NO3/c1-7-4-8-2-3-15-10(8)11(7,6-12)5-9(13)14/h2-3,7H,4-6,12H2,1H3,(H,13,14). The summed E-state index contributed by atoms with van der Waals surface area (Å²) in [5, 5.41) is 8.95. The Bertz CT molecular complexity index is 385. The van der Waals surface area contributed by atoms with Gasteiger partial charge in [-0.25, -0.2) is 0 Å². The number of furan rings is 1. The van der Waals surface area contributed by atoms with Gasteiger partial charge in [-0.1, -0.05) is 6.92 Å². The van der Waals surface area contributed by atoms with Gasteiger partial charge in [0.25, 0.3) is 0 Å². The second-order valence-electron chi connectivity index (χ2n) is 4.31. The lowest BCUT2D eigenvalue weighted by Gasteiger charge is -2.29. The van der Waals surface area contributed by atoms with Gasteiger partial charge in [0.15, 0.2) is 0 Å². The molecule has 1 aromatic heterocycles. The van der Waals surface area contributed by atoms with Crippen molar-refractivity contribution in [2.75, 3.05) is 6.54 Å². The lowest BCUT2D eigenvalue weighted by Crippen LogP contribution is -2.40. The molecule has 0 fully saturated rings. The third kappa shape index (κ3) is 1.36. The Morgan fingerprint density at radius 2 is 2.53 bits per heavy atom. The Balaban J connectivity index is 2.43. The van der Waals surface area contributed by atoms with Crippen LogP contribution in [-0.4, -0.2) is 17.6 Å². The van der Waals surface area contributed by atoms with E-state index in [9.17, 15) is 4.79 Å². The van der Waals surface area contributed by atoms with E-state index in [4.69, 9.17) is 15.3 Å². The number of aliphatic carboxylic acids is 1. The number of carbonyl (C=O) groups is 1. The zero-order chi connectivity index (χ0) is 11.1. The molecule has 0 amide bonds. The normalized spacial score (nSPS) is 29.1. The number of nitrogens with two attached hydrogens (primary N) is 1. The van der Waals surface area contributed by atoms with Crippen LogP contribution in [0.2, 0.25) is 0 Å². The lowest BCUT2D eigenvalue weighted by molar-refractivity contribution is -0.139. The van der Waals surface area contributed by atoms with Crippen LogP contribution >= 0.6 is 0 Å². The summed E-state index contributed by atoms with van der Waals surface area (Å²) in [6, 6.07) is 1.91. The fourth-order valence-corrected chi connectivity index (χ4v) is 2.57. The van der Waals surface area contributed by atoms with Gasteiger partial charge in [0.05, 0.1) is 18.1 Å². The molecule has 2 atom stereocenters. The average molecular weight is 209 g/mol. The van der Waals surface area contributed by atoms with E-state index in [2.05, 4.69) is 0 Å². The highest BCUT2D eigenvalue weighted by Gasteiger charge is 2.47. The molecule has 2 rings (SSSR count). The van der Waals surface area contributed by atoms with Crippen molar-refractivity contribution in [3.63, 3.8) is 0 Å². The Hall–Kier alpha value is -1.29. The van der Waals surface area contributed by atoms with Gasteiger partial charge in [0.2, 0.25) is 0 Å². The van der Waals surface area contributed by atoms with Crippen molar-refractivity contribution in [3.05, 3.63) is 23.7 Å². The lowest BCUT2D eigenvalue weighted by atomic mass is 9.75. The Labute approximate surface area is 88.1 Å². The fraction of sp³-hybridized carbons (Fsp3) is 0.545. The number of hydrogen-bond acceptors (Lipinski definition) is 3. The van der Waals surface area contributed by atoms with Crippen molar-refractivity contribution >= 4 is 5.97 Å². The van der Waals surface area contributed by atoms with Crippen molar-refractivity contribution in [3.8, 4) is 0 Å². The van der Waals surface area contributed by atoms with Crippen LogP contribution in [0.1, 0.15) is 24.7 Å². The molecule has 0 spiro atoms. The summed E-state index contributed by atoms with van der Waals surface area (Å²) < 4.78 is 5.41. The second kappa shape index (κ2) is 3.38. The van der Waals surface area contributed by atoms with Crippen LogP contribution in [0.15, 0.2) is 16.7 Å². The van der Waals surface area contributed by atoms with E-state index in [1.54, 1.807) is 6.26 Å². The van der Waals surface area contributed by atoms with Crippen molar-refractivity contribution in [2.45, 2.75) is 25.2 Å². The third-order valence-electron chi connectivity index (χ3n) is 3.50. The monoisotopic (exact) mass is 209 g/mol. The maximum Gasteiger partial charge on any atom is 0.304 e. The molecule has 0 saturated carbocycles. The first-order valence-electron chi connectivity index (χ1n) is 5.09. The first-order chi connectivity index (χ1) is 7.10. The molecule has 1 aliphatic carbocycles. The smallest absolute Gasteiger partial charge is 0.304 e. The van der Waals surface area contributed by atoms with E-state index >= 15 is 0 Å². The van der Waals surface area contributed by atoms with Gasteiger partial charge in [-0.05, 0) is 24.0 Å². The topological polar surface area (TPSA) is 76.5 Å². The predicted molar refractivity (Wildman–Crippen MR) is 54.6 cm³/mol. The average Bonchev–Trinajstić information content (AvgIpc) is 2.69.